The molecule has 1 aliphatic heterocycles. The van der Waals surface area contributed by atoms with E-state index in [9.17, 15) is 18.0 Å². The Morgan fingerprint density at radius 3 is 2.50 bits per heavy atom. The van der Waals surface area contributed by atoms with Crippen molar-refractivity contribution in [2.24, 2.45) is 11.8 Å². The van der Waals surface area contributed by atoms with Crippen LogP contribution in [0.3, 0.4) is 0 Å². The Hall–Kier alpha value is -1.19. The van der Waals surface area contributed by atoms with Crippen LogP contribution in [0.1, 0.15) is 27.2 Å². The van der Waals surface area contributed by atoms with Gasteiger partial charge in [0.2, 0.25) is 15.9 Å². The molecule has 140 valence electrons. The number of nitrogens with zero attached hydrogens (tertiary/aromatic N) is 2. The van der Waals surface area contributed by atoms with E-state index in [0.29, 0.717) is 13.2 Å². The monoisotopic (exact) mass is 364 g/mol. The zero-order chi connectivity index (χ0) is 18.5. The number of carbonyl (C=O) groups is 2. The van der Waals surface area contributed by atoms with Crippen LogP contribution in [0.5, 0.6) is 0 Å². The Morgan fingerprint density at radius 1 is 1.38 bits per heavy atom. The van der Waals surface area contributed by atoms with Crippen molar-refractivity contribution in [3.8, 4) is 0 Å². The number of ether oxygens (including phenoxy) is 1. The SMILES string of the molecule is CCC(C)C(C)C(=O)N1CCOC(CN(CC(=O)O)S(C)(=O)=O)C1. The van der Waals surface area contributed by atoms with Gasteiger partial charge >= 0.3 is 5.97 Å². The molecule has 0 spiro atoms. The number of morpholine rings is 1. The lowest BCUT2D eigenvalue weighted by molar-refractivity contribution is -0.145. The first-order valence-corrected chi connectivity index (χ1v) is 9.98. The zero-order valence-electron chi connectivity index (χ0n) is 14.8. The summed E-state index contributed by atoms with van der Waals surface area (Å²) >= 11 is 0. The highest BCUT2D eigenvalue weighted by atomic mass is 32.2. The molecule has 0 aromatic rings. The topological polar surface area (TPSA) is 104 Å². The Morgan fingerprint density at radius 2 is 2.00 bits per heavy atom. The molecule has 24 heavy (non-hydrogen) atoms. The highest BCUT2D eigenvalue weighted by molar-refractivity contribution is 7.88. The average molecular weight is 364 g/mol. The Balaban J connectivity index is 2.74. The van der Waals surface area contributed by atoms with Crippen LogP contribution in [-0.2, 0) is 24.3 Å². The van der Waals surface area contributed by atoms with Gasteiger partial charge in [0.1, 0.15) is 6.54 Å². The van der Waals surface area contributed by atoms with Crippen molar-refractivity contribution in [2.75, 3.05) is 39.0 Å². The molecule has 0 aromatic carbocycles. The zero-order valence-corrected chi connectivity index (χ0v) is 15.6. The van der Waals surface area contributed by atoms with Gasteiger partial charge in [-0.2, -0.15) is 4.31 Å². The van der Waals surface area contributed by atoms with Crippen molar-refractivity contribution in [1.29, 1.82) is 0 Å². The lowest BCUT2D eigenvalue weighted by atomic mass is 9.92. The molecule has 3 atom stereocenters. The molecule has 0 bridgehead atoms. The first kappa shape index (κ1) is 20.9. The number of carboxylic acids is 1. The number of hydrogen-bond acceptors (Lipinski definition) is 5. The van der Waals surface area contributed by atoms with Gasteiger partial charge in [0.25, 0.3) is 0 Å². The van der Waals surface area contributed by atoms with Gasteiger partial charge in [0.15, 0.2) is 0 Å². The van der Waals surface area contributed by atoms with Crippen molar-refractivity contribution in [3.63, 3.8) is 0 Å². The summed E-state index contributed by atoms with van der Waals surface area (Å²) in [6.07, 6.45) is 1.34. The Kier molecular flexibility index (Phi) is 7.62. The van der Waals surface area contributed by atoms with Gasteiger partial charge < -0.3 is 14.7 Å². The minimum absolute atomic E-state index is 0.0294. The standard InChI is InChI=1S/C15H28N2O6S/c1-5-11(2)12(3)15(20)16-6-7-23-13(8-16)9-17(10-14(18)19)24(4,21)22/h11-13H,5-10H2,1-4H3,(H,18,19). The predicted octanol–water partition coefficient (Wildman–Crippen LogP) is 0.242. The minimum atomic E-state index is -3.66. The molecule has 1 rings (SSSR count). The molecule has 1 fully saturated rings. The van der Waals surface area contributed by atoms with Gasteiger partial charge in [-0.15, -0.1) is 0 Å². The molecule has 1 N–H and O–H groups in total. The lowest BCUT2D eigenvalue weighted by Crippen LogP contribution is -2.52. The molecule has 1 aliphatic rings. The van der Waals surface area contributed by atoms with Gasteiger partial charge in [-0.25, -0.2) is 8.42 Å². The normalized spacial score (nSPS) is 21.5. The lowest BCUT2D eigenvalue weighted by Gasteiger charge is -2.36. The Labute approximate surface area is 143 Å². The second kappa shape index (κ2) is 8.77. The molecule has 0 aliphatic carbocycles. The molecule has 1 saturated heterocycles. The van der Waals surface area contributed by atoms with E-state index in [1.807, 2.05) is 20.8 Å². The third-order valence-corrected chi connectivity index (χ3v) is 5.74. The number of aliphatic carboxylic acids is 1. The van der Waals surface area contributed by atoms with E-state index >= 15 is 0 Å². The highest BCUT2D eigenvalue weighted by Gasteiger charge is 2.32. The molecule has 9 heteroatoms. The number of carbonyl (C=O) groups excluding carboxylic acids is 1. The summed E-state index contributed by atoms with van der Waals surface area (Å²) in [4.78, 5) is 25.1. The maximum Gasteiger partial charge on any atom is 0.318 e. The first-order valence-electron chi connectivity index (χ1n) is 8.13. The van der Waals surface area contributed by atoms with E-state index in [4.69, 9.17) is 9.84 Å². The van der Waals surface area contributed by atoms with Gasteiger partial charge in [-0.3, -0.25) is 9.59 Å². The van der Waals surface area contributed by atoms with E-state index in [2.05, 4.69) is 0 Å². The van der Waals surface area contributed by atoms with Crippen LogP contribution >= 0.6 is 0 Å². The number of hydrogen-bond donors (Lipinski definition) is 1. The van der Waals surface area contributed by atoms with Crippen LogP contribution in [0.4, 0.5) is 0 Å². The third kappa shape index (κ3) is 6.03. The number of rotatable bonds is 8. The van der Waals surface area contributed by atoms with Crippen LogP contribution in [0.25, 0.3) is 0 Å². The quantitative estimate of drug-likeness (QED) is 0.662. The fourth-order valence-electron chi connectivity index (χ4n) is 2.61. The fraction of sp³-hybridized carbons (Fsp3) is 0.867. The minimum Gasteiger partial charge on any atom is -0.480 e. The molecular formula is C15H28N2O6S. The maximum atomic E-state index is 12.5. The van der Waals surface area contributed by atoms with E-state index in [1.165, 1.54) is 0 Å². The second-order valence-electron chi connectivity index (χ2n) is 6.40. The summed E-state index contributed by atoms with van der Waals surface area (Å²) in [5, 5.41) is 8.87. The molecule has 0 aromatic heterocycles. The number of sulfonamides is 1. The summed E-state index contributed by atoms with van der Waals surface area (Å²) in [5.74, 6) is -1.05. The molecule has 8 nitrogen and oxygen atoms in total. The van der Waals surface area contributed by atoms with Gasteiger partial charge in [-0.05, 0) is 5.92 Å². The van der Waals surface area contributed by atoms with Crippen molar-refractivity contribution in [3.05, 3.63) is 0 Å². The third-order valence-electron chi connectivity index (χ3n) is 4.53. The van der Waals surface area contributed by atoms with Gasteiger partial charge in [-0.1, -0.05) is 27.2 Å². The van der Waals surface area contributed by atoms with Crippen molar-refractivity contribution >= 4 is 21.9 Å². The molecule has 1 heterocycles. The molecular weight excluding hydrogens is 336 g/mol. The Bertz CT molecular complexity index is 550. The summed E-state index contributed by atoms with van der Waals surface area (Å²) in [5.41, 5.74) is 0. The first-order chi connectivity index (χ1) is 11.1. The van der Waals surface area contributed by atoms with Crippen LogP contribution in [-0.4, -0.2) is 79.8 Å². The van der Waals surface area contributed by atoms with Crippen LogP contribution in [0, 0.1) is 11.8 Å². The van der Waals surface area contributed by atoms with E-state index in [0.717, 1.165) is 17.0 Å². The largest absolute Gasteiger partial charge is 0.480 e. The second-order valence-corrected chi connectivity index (χ2v) is 8.38. The summed E-state index contributed by atoms with van der Waals surface area (Å²) in [6.45, 7) is 6.31. The summed E-state index contributed by atoms with van der Waals surface area (Å²) < 4.78 is 29.8. The van der Waals surface area contributed by atoms with Crippen LogP contribution in [0.2, 0.25) is 0 Å². The van der Waals surface area contributed by atoms with Crippen LogP contribution < -0.4 is 0 Å². The number of amides is 1. The number of carboxylic acid groups (broad SMARTS) is 1. The summed E-state index contributed by atoms with van der Waals surface area (Å²) in [6, 6.07) is 0. The fourth-order valence-corrected chi connectivity index (χ4v) is 3.39. The van der Waals surface area contributed by atoms with E-state index in [-0.39, 0.29) is 30.8 Å². The average Bonchev–Trinajstić information content (AvgIpc) is 2.51. The maximum absolute atomic E-state index is 12.5. The predicted molar refractivity (Wildman–Crippen MR) is 89.0 cm³/mol. The van der Waals surface area contributed by atoms with Gasteiger partial charge in [0.05, 0.1) is 19.0 Å². The molecule has 0 saturated carbocycles. The highest BCUT2D eigenvalue weighted by Crippen LogP contribution is 2.19. The molecule has 1 amide bonds. The van der Waals surface area contributed by atoms with E-state index < -0.39 is 28.6 Å². The van der Waals surface area contributed by atoms with Crippen molar-refractivity contribution < 1.29 is 27.9 Å². The van der Waals surface area contributed by atoms with Gasteiger partial charge in [0, 0.05) is 25.6 Å². The van der Waals surface area contributed by atoms with Crippen molar-refractivity contribution in [2.45, 2.75) is 33.3 Å². The smallest absolute Gasteiger partial charge is 0.318 e. The van der Waals surface area contributed by atoms with Crippen molar-refractivity contribution in [1.82, 2.24) is 9.21 Å². The molecule has 0 radical (unpaired) electrons. The summed E-state index contributed by atoms with van der Waals surface area (Å²) in [7, 11) is -3.66. The van der Waals surface area contributed by atoms with E-state index in [1.54, 1.807) is 4.90 Å². The van der Waals surface area contributed by atoms with Crippen LogP contribution in [0.15, 0.2) is 0 Å². The molecule has 3 unspecified atom stereocenters.